The molecule has 1 aromatic carbocycles. The van der Waals surface area contributed by atoms with E-state index in [0.29, 0.717) is 6.54 Å². The van der Waals surface area contributed by atoms with Crippen LogP contribution in [0, 0.1) is 0 Å². The fraction of sp³-hybridized carbons (Fsp3) is 0.429. The first-order valence-corrected chi connectivity index (χ1v) is 6.20. The van der Waals surface area contributed by atoms with E-state index in [0.717, 1.165) is 17.7 Å². The molecule has 1 atom stereocenters. The Morgan fingerprint density at radius 3 is 2.42 bits per heavy atom. The molecular formula is C14H20N2O3. The number of rotatable bonds is 6. The minimum atomic E-state index is -0.506. The normalized spacial score (nSPS) is 11.5. The standard InChI is InChI=1S/C14H20N2O3/c1-10(16-11(2)17)14(18)15-9-8-12-4-6-13(19-3)7-5-12/h4-7,10H,8-9H2,1-3H3,(H,15,18)(H,16,17). The van der Waals surface area contributed by atoms with Gasteiger partial charge in [-0.25, -0.2) is 0 Å². The molecule has 1 unspecified atom stereocenters. The highest BCUT2D eigenvalue weighted by atomic mass is 16.5. The van der Waals surface area contributed by atoms with Gasteiger partial charge in [0, 0.05) is 13.5 Å². The Bertz CT molecular complexity index is 429. The van der Waals surface area contributed by atoms with Crippen LogP contribution >= 0.6 is 0 Å². The van der Waals surface area contributed by atoms with Crippen molar-refractivity contribution < 1.29 is 14.3 Å². The van der Waals surface area contributed by atoms with E-state index < -0.39 is 6.04 Å². The highest BCUT2D eigenvalue weighted by Crippen LogP contribution is 2.11. The van der Waals surface area contributed by atoms with E-state index in [2.05, 4.69) is 10.6 Å². The van der Waals surface area contributed by atoms with Crippen LogP contribution in [-0.2, 0) is 16.0 Å². The first kappa shape index (κ1) is 15.0. The fourth-order valence-corrected chi connectivity index (χ4v) is 1.65. The Morgan fingerprint density at radius 2 is 1.89 bits per heavy atom. The third kappa shape index (κ3) is 5.42. The lowest BCUT2D eigenvalue weighted by Gasteiger charge is -2.12. The van der Waals surface area contributed by atoms with Gasteiger partial charge in [0.15, 0.2) is 0 Å². The van der Waals surface area contributed by atoms with Crippen LogP contribution in [0.2, 0.25) is 0 Å². The molecule has 0 fully saturated rings. The van der Waals surface area contributed by atoms with Crippen molar-refractivity contribution >= 4 is 11.8 Å². The number of carbonyl (C=O) groups is 2. The van der Waals surface area contributed by atoms with Crippen molar-refractivity contribution in [2.45, 2.75) is 26.3 Å². The van der Waals surface area contributed by atoms with Gasteiger partial charge in [0.1, 0.15) is 11.8 Å². The summed E-state index contributed by atoms with van der Waals surface area (Å²) in [5.74, 6) is 0.425. The summed E-state index contributed by atoms with van der Waals surface area (Å²) in [7, 11) is 1.62. The summed E-state index contributed by atoms with van der Waals surface area (Å²) < 4.78 is 5.07. The Hall–Kier alpha value is -2.04. The third-order valence-electron chi connectivity index (χ3n) is 2.69. The zero-order valence-corrected chi connectivity index (χ0v) is 11.5. The van der Waals surface area contributed by atoms with E-state index in [9.17, 15) is 9.59 Å². The van der Waals surface area contributed by atoms with Crippen molar-refractivity contribution in [2.75, 3.05) is 13.7 Å². The van der Waals surface area contributed by atoms with Gasteiger partial charge in [0.25, 0.3) is 0 Å². The Balaban J connectivity index is 2.32. The van der Waals surface area contributed by atoms with Crippen LogP contribution in [0.1, 0.15) is 19.4 Å². The zero-order chi connectivity index (χ0) is 14.3. The van der Waals surface area contributed by atoms with Gasteiger partial charge in [-0.15, -0.1) is 0 Å². The second-order valence-electron chi connectivity index (χ2n) is 4.31. The molecule has 0 aromatic heterocycles. The predicted molar refractivity (Wildman–Crippen MR) is 73.0 cm³/mol. The number of methoxy groups -OCH3 is 1. The molecule has 0 saturated heterocycles. The molecule has 0 aliphatic carbocycles. The average molecular weight is 264 g/mol. The van der Waals surface area contributed by atoms with Crippen LogP contribution in [0.3, 0.4) is 0 Å². The van der Waals surface area contributed by atoms with Gasteiger partial charge < -0.3 is 15.4 Å². The van der Waals surface area contributed by atoms with E-state index in [1.54, 1.807) is 14.0 Å². The number of benzene rings is 1. The van der Waals surface area contributed by atoms with Crippen LogP contribution in [0.15, 0.2) is 24.3 Å². The molecule has 104 valence electrons. The minimum Gasteiger partial charge on any atom is -0.497 e. The van der Waals surface area contributed by atoms with Crippen molar-refractivity contribution in [2.24, 2.45) is 0 Å². The van der Waals surface area contributed by atoms with Crippen molar-refractivity contribution in [3.05, 3.63) is 29.8 Å². The number of ether oxygens (including phenoxy) is 1. The number of amides is 2. The molecule has 0 bridgehead atoms. The maximum Gasteiger partial charge on any atom is 0.242 e. The monoisotopic (exact) mass is 264 g/mol. The molecule has 1 rings (SSSR count). The van der Waals surface area contributed by atoms with Gasteiger partial charge in [0.05, 0.1) is 7.11 Å². The Morgan fingerprint density at radius 1 is 1.26 bits per heavy atom. The summed E-state index contributed by atoms with van der Waals surface area (Å²) >= 11 is 0. The molecule has 0 saturated carbocycles. The number of carbonyl (C=O) groups excluding carboxylic acids is 2. The van der Waals surface area contributed by atoms with Crippen LogP contribution in [0.4, 0.5) is 0 Å². The van der Waals surface area contributed by atoms with Gasteiger partial charge in [0.2, 0.25) is 11.8 Å². The van der Waals surface area contributed by atoms with Crippen LogP contribution in [0.5, 0.6) is 5.75 Å². The largest absolute Gasteiger partial charge is 0.497 e. The maximum absolute atomic E-state index is 11.6. The van der Waals surface area contributed by atoms with Crippen LogP contribution < -0.4 is 15.4 Å². The SMILES string of the molecule is COc1ccc(CCNC(=O)C(C)NC(C)=O)cc1. The molecule has 0 aliphatic rings. The van der Waals surface area contributed by atoms with Gasteiger partial charge in [-0.1, -0.05) is 12.1 Å². The summed E-state index contributed by atoms with van der Waals surface area (Å²) in [5.41, 5.74) is 1.12. The summed E-state index contributed by atoms with van der Waals surface area (Å²) in [4.78, 5) is 22.4. The zero-order valence-electron chi connectivity index (χ0n) is 11.5. The molecule has 2 amide bonds. The van der Waals surface area contributed by atoms with Gasteiger partial charge in [-0.05, 0) is 31.0 Å². The molecular weight excluding hydrogens is 244 g/mol. The van der Waals surface area contributed by atoms with Crippen molar-refractivity contribution in [3.8, 4) is 5.75 Å². The third-order valence-corrected chi connectivity index (χ3v) is 2.69. The Kier molecular flexibility index (Phi) is 5.85. The summed E-state index contributed by atoms with van der Waals surface area (Å²) in [5, 5.41) is 5.32. The van der Waals surface area contributed by atoms with Crippen molar-refractivity contribution in [1.82, 2.24) is 10.6 Å². The van der Waals surface area contributed by atoms with Crippen molar-refractivity contribution in [1.29, 1.82) is 0 Å². The highest BCUT2D eigenvalue weighted by Gasteiger charge is 2.12. The molecule has 2 N–H and O–H groups in total. The summed E-state index contributed by atoms with van der Waals surface area (Å²) in [6.07, 6.45) is 0.739. The summed E-state index contributed by atoms with van der Waals surface area (Å²) in [6.45, 7) is 3.58. The quantitative estimate of drug-likeness (QED) is 0.801. The first-order chi connectivity index (χ1) is 9.02. The average Bonchev–Trinajstić information content (AvgIpc) is 2.38. The number of hydrogen-bond donors (Lipinski definition) is 2. The second kappa shape index (κ2) is 7.41. The van der Waals surface area contributed by atoms with E-state index >= 15 is 0 Å². The lowest BCUT2D eigenvalue weighted by molar-refractivity contribution is -0.127. The lowest BCUT2D eigenvalue weighted by Crippen LogP contribution is -2.44. The second-order valence-corrected chi connectivity index (χ2v) is 4.31. The fourth-order valence-electron chi connectivity index (χ4n) is 1.65. The van der Waals surface area contributed by atoms with E-state index in [-0.39, 0.29) is 11.8 Å². The van der Waals surface area contributed by atoms with Gasteiger partial charge >= 0.3 is 0 Å². The Labute approximate surface area is 113 Å². The predicted octanol–water partition coefficient (Wildman–Crippen LogP) is 0.878. The molecule has 0 spiro atoms. The lowest BCUT2D eigenvalue weighted by atomic mass is 10.1. The highest BCUT2D eigenvalue weighted by molar-refractivity contribution is 5.86. The van der Waals surface area contributed by atoms with E-state index in [1.807, 2.05) is 24.3 Å². The van der Waals surface area contributed by atoms with Gasteiger partial charge in [-0.3, -0.25) is 9.59 Å². The molecule has 1 aromatic rings. The topological polar surface area (TPSA) is 67.4 Å². The van der Waals surface area contributed by atoms with E-state index in [1.165, 1.54) is 6.92 Å². The molecule has 5 nitrogen and oxygen atoms in total. The van der Waals surface area contributed by atoms with Crippen LogP contribution in [0.25, 0.3) is 0 Å². The molecule has 19 heavy (non-hydrogen) atoms. The maximum atomic E-state index is 11.6. The number of hydrogen-bond acceptors (Lipinski definition) is 3. The smallest absolute Gasteiger partial charge is 0.242 e. The molecule has 5 heteroatoms. The number of nitrogens with one attached hydrogen (secondary N) is 2. The van der Waals surface area contributed by atoms with Crippen molar-refractivity contribution in [3.63, 3.8) is 0 Å². The first-order valence-electron chi connectivity index (χ1n) is 6.20. The van der Waals surface area contributed by atoms with Gasteiger partial charge in [-0.2, -0.15) is 0 Å². The molecule has 0 heterocycles. The minimum absolute atomic E-state index is 0.177. The van der Waals surface area contributed by atoms with Crippen LogP contribution in [-0.4, -0.2) is 31.5 Å². The summed E-state index contributed by atoms with van der Waals surface area (Å²) in [6, 6.07) is 7.19. The molecule has 0 aliphatic heterocycles. The molecule has 0 radical (unpaired) electrons. The van der Waals surface area contributed by atoms with E-state index in [4.69, 9.17) is 4.74 Å².